The molecular weight excluding hydrogens is 310 g/mol. The third kappa shape index (κ3) is 4.52. The molecular formula is C18H22ClN3O. The molecule has 0 amide bonds. The van der Waals surface area contributed by atoms with E-state index in [-0.39, 0.29) is 12.1 Å². The lowest BCUT2D eigenvalue weighted by atomic mass is 10.00. The number of aromatic nitrogens is 1. The van der Waals surface area contributed by atoms with Crippen LogP contribution in [0.15, 0.2) is 48.7 Å². The van der Waals surface area contributed by atoms with E-state index in [2.05, 4.69) is 34.4 Å². The number of rotatable bonds is 5. The topological polar surface area (TPSA) is 37.4 Å². The number of hydrogen-bond donors (Lipinski definition) is 1. The highest BCUT2D eigenvalue weighted by molar-refractivity contribution is 6.30. The molecule has 1 aliphatic rings. The maximum Gasteiger partial charge on any atom is 0.0896 e. The Morgan fingerprint density at radius 2 is 2.13 bits per heavy atom. The summed E-state index contributed by atoms with van der Waals surface area (Å²) < 4.78 is 6.03. The molecule has 0 saturated carbocycles. The van der Waals surface area contributed by atoms with Crippen LogP contribution in [0.1, 0.15) is 17.3 Å². The summed E-state index contributed by atoms with van der Waals surface area (Å²) in [6.07, 6.45) is 1.93. The molecule has 0 aliphatic carbocycles. The van der Waals surface area contributed by atoms with Gasteiger partial charge < -0.3 is 15.0 Å². The standard InChI is InChI=1S/C18H22ClN3O/c1-22-10-11-23-17(13-22)18(14-5-7-15(19)8-6-14)21-12-16-4-2-3-9-20-16/h2-9,17-18,21H,10-13H2,1H3/t17-,18+/m0/s1. The Kier molecular flexibility index (Phi) is 5.62. The molecule has 2 heterocycles. The molecule has 122 valence electrons. The highest BCUT2D eigenvalue weighted by atomic mass is 35.5. The van der Waals surface area contributed by atoms with Crippen LogP contribution >= 0.6 is 11.6 Å². The van der Waals surface area contributed by atoms with Crippen LogP contribution in [0.2, 0.25) is 5.02 Å². The summed E-state index contributed by atoms with van der Waals surface area (Å²) in [5.74, 6) is 0. The Bertz CT molecular complexity index is 605. The van der Waals surface area contributed by atoms with Crippen LogP contribution in [0.25, 0.3) is 0 Å². The van der Waals surface area contributed by atoms with Gasteiger partial charge in [-0.15, -0.1) is 0 Å². The van der Waals surface area contributed by atoms with Gasteiger partial charge >= 0.3 is 0 Å². The van der Waals surface area contributed by atoms with E-state index in [9.17, 15) is 0 Å². The lowest BCUT2D eigenvalue weighted by Crippen LogP contribution is -2.46. The number of hydrogen-bond acceptors (Lipinski definition) is 4. The molecule has 3 rings (SSSR count). The van der Waals surface area contributed by atoms with E-state index in [0.717, 1.165) is 30.4 Å². The lowest BCUT2D eigenvalue weighted by molar-refractivity contribution is -0.0396. The fourth-order valence-corrected chi connectivity index (χ4v) is 2.99. The van der Waals surface area contributed by atoms with Crippen molar-refractivity contribution in [1.82, 2.24) is 15.2 Å². The molecule has 4 nitrogen and oxygen atoms in total. The smallest absolute Gasteiger partial charge is 0.0896 e. The van der Waals surface area contributed by atoms with Gasteiger partial charge in [-0.2, -0.15) is 0 Å². The predicted octanol–water partition coefficient (Wildman–Crippen LogP) is 2.90. The van der Waals surface area contributed by atoms with Crippen molar-refractivity contribution in [2.24, 2.45) is 0 Å². The van der Waals surface area contributed by atoms with Crippen molar-refractivity contribution in [3.8, 4) is 0 Å². The van der Waals surface area contributed by atoms with Crippen molar-refractivity contribution in [2.75, 3.05) is 26.7 Å². The molecule has 5 heteroatoms. The first-order chi connectivity index (χ1) is 11.2. The van der Waals surface area contributed by atoms with Crippen molar-refractivity contribution >= 4 is 11.6 Å². The molecule has 1 aromatic heterocycles. The second-order valence-corrected chi connectivity index (χ2v) is 6.34. The monoisotopic (exact) mass is 331 g/mol. The predicted molar refractivity (Wildman–Crippen MR) is 92.5 cm³/mol. The normalized spacial score (nSPS) is 20.3. The molecule has 1 saturated heterocycles. The van der Waals surface area contributed by atoms with Crippen LogP contribution in [0, 0.1) is 0 Å². The number of morpholine rings is 1. The van der Waals surface area contributed by atoms with Crippen molar-refractivity contribution in [3.05, 3.63) is 64.9 Å². The number of likely N-dealkylation sites (N-methyl/N-ethyl adjacent to an activating group) is 1. The summed E-state index contributed by atoms with van der Waals surface area (Å²) >= 11 is 6.03. The number of benzene rings is 1. The van der Waals surface area contributed by atoms with E-state index < -0.39 is 0 Å². The van der Waals surface area contributed by atoms with Crippen LogP contribution in [0.3, 0.4) is 0 Å². The number of ether oxygens (including phenoxy) is 1. The molecule has 0 spiro atoms. The maximum atomic E-state index is 6.03. The molecule has 2 atom stereocenters. The van der Waals surface area contributed by atoms with Gasteiger partial charge in [0.25, 0.3) is 0 Å². The van der Waals surface area contributed by atoms with Gasteiger partial charge in [0.15, 0.2) is 0 Å². The van der Waals surface area contributed by atoms with Crippen LogP contribution in [-0.4, -0.2) is 42.7 Å². The third-order valence-corrected chi connectivity index (χ3v) is 4.38. The molecule has 0 unspecified atom stereocenters. The minimum absolute atomic E-state index is 0.108. The minimum Gasteiger partial charge on any atom is -0.374 e. The van der Waals surface area contributed by atoms with Gasteiger partial charge in [0.05, 0.1) is 24.4 Å². The fraction of sp³-hybridized carbons (Fsp3) is 0.389. The number of halogens is 1. The van der Waals surface area contributed by atoms with E-state index in [0.29, 0.717) is 6.54 Å². The van der Waals surface area contributed by atoms with E-state index in [1.807, 2.05) is 36.5 Å². The van der Waals surface area contributed by atoms with Gasteiger partial charge in [0.1, 0.15) is 0 Å². The summed E-state index contributed by atoms with van der Waals surface area (Å²) in [5, 5.41) is 4.35. The summed E-state index contributed by atoms with van der Waals surface area (Å²) in [6, 6.07) is 14.1. The van der Waals surface area contributed by atoms with Gasteiger partial charge in [-0.3, -0.25) is 4.98 Å². The van der Waals surface area contributed by atoms with E-state index in [4.69, 9.17) is 16.3 Å². The highest BCUT2D eigenvalue weighted by Gasteiger charge is 2.27. The lowest BCUT2D eigenvalue weighted by Gasteiger charge is -2.36. The van der Waals surface area contributed by atoms with Crippen molar-refractivity contribution in [1.29, 1.82) is 0 Å². The van der Waals surface area contributed by atoms with Crippen LogP contribution in [0.4, 0.5) is 0 Å². The summed E-state index contributed by atoms with van der Waals surface area (Å²) in [5.41, 5.74) is 2.21. The zero-order valence-corrected chi connectivity index (χ0v) is 14.0. The molecule has 0 bridgehead atoms. The Balaban J connectivity index is 1.76. The fourth-order valence-electron chi connectivity index (χ4n) is 2.86. The van der Waals surface area contributed by atoms with Crippen LogP contribution in [-0.2, 0) is 11.3 Å². The first-order valence-electron chi connectivity index (χ1n) is 7.91. The number of pyridine rings is 1. The van der Waals surface area contributed by atoms with Gasteiger partial charge in [-0.25, -0.2) is 0 Å². The molecule has 1 aromatic carbocycles. The first kappa shape index (κ1) is 16.4. The quantitative estimate of drug-likeness (QED) is 0.914. The van der Waals surface area contributed by atoms with E-state index >= 15 is 0 Å². The van der Waals surface area contributed by atoms with E-state index in [1.54, 1.807) is 0 Å². The van der Waals surface area contributed by atoms with Gasteiger partial charge in [-0.05, 0) is 36.9 Å². The maximum absolute atomic E-state index is 6.03. The second kappa shape index (κ2) is 7.88. The SMILES string of the molecule is CN1CCO[C@H]([C@H](NCc2ccccn2)c2ccc(Cl)cc2)C1. The van der Waals surface area contributed by atoms with Crippen LogP contribution in [0.5, 0.6) is 0 Å². The van der Waals surface area contributed by atoms with Gasteiger partial charge in [0, 0.05) is 30.9 Å². The van der Waals surface area contributed by atoms with Gasteiger partial charge in [0.2, 0.25) is 0 Å². The number of nitrogens with zero attached hydrogens (tertiary/aromatic N) is 2. The summed E-state index contributed by atoms with van der Waals surface area (Å²) in [7, 11) is 2.13. The molecule has 23 heavy (non-hydrogen) atoms. The molecule has 1 aliphatic heterocycles. The largest absolute Gasteiger partial charge is 0.374 e. The summed E-state index contributed by atoms with van der Waals surface area (Å²) in [4.78, 5) is 6.69. The molecule has 1 fully saturated rings. The minimum atomic E-state index is 0.108. The van der Waals surface area contributed by atoms with Crippen molar-refractivity contribution in [3.63, 3.8) is 0 Å². The molecule has 2 aromatic rings. The third-order valence-electron chi connectivity index (χ3n) is 4.13. The van der Waals surface area contributed by atoms with Crippen molar-refractivity contribution < 1.29 is 4.74 Å². The average Bonchev–Trinajstić information content (AvgIpc) is 2.58. The zero-order chi connectivity index (χ0) is 16.1. The Labute approximate surface area is 142 Å². The summed E-state index contributed by atoms with van der Waals surface area (Å²) in [6.45, 7) is 3.35. The van der Waals surface area contributed by atoms with Crippen molar-refractivity contribution in [2.45, 2.75) is 18.7 Å². The highest BCUT2D eigenvalue weighted by Crippen LogP contribution is 2.24. The Hall–Kier alpha value is -1.46. The second-order valence-electron chi connectivity index (χ2n) is 5.90. The van der Waals surface area contributed by atoms with E-state index in [1.165, 1.54) is 5.56 Å². The average molecular weight is 332 g/mol. The Morgan fingerprint density at radius 3 is 2.83 bits per heavy atom. The molecule has 1 N–H and O–H groups in total. The zero-order valence-electron chi connectivity index (χ0n) is 13.3. The first-order valence-corrected chi connectivity index (χ1v) is 8.29. The van der Waals surface area contributed by atoms with Gasteiger partial charge in [-0.1, -0.05) is 29.8 Å². The Morgan fingerprint density at radius 1 is 1.30 bits per heavy atom. The number of nitrogens with one attached hydrogen (secondary N) is 1. The molecule has 0 radical (unpaired) electrons. The van der Waals surface area contributed by atoms with Crippen LogP contribution < -0.4 is 5.32 Å².